The van der Waals surface area contributed by atoms with Crippen molar-refractivity contribution in [1.29, 1.82) is 0 Å². The van der Waals surface area contributed by atoms with Crippen LogP contribution in [0.4, 0.5) is 0 Å². The number of rotatable bonds is 0. The smallest absolute Gasteiger partial charge is 0.411 e. The molecule has 5 nitrogen and oxygen atoms in total. The van der Waals surface area contributed by atoms with Gasteiger partial charge in [0.05, 0.1) is 6.20 Å². The summed E-state index contributed by atoms with van der Waals surface area (Å²) in [6, 6.07) is 3.22. The molecule has 0 atom stereocenters. The van der Waals surface area contributed by atoms with Crippen LogP contribution in [0.25, 0.3) is 11.2 Å². The Hall–Kier alpha value is -1.78. The van der Waals surface area contributed by atoms with E-state index in [0.29, 0.717) is 10.2 Å². The molecule has 56 valence electrons. The van der Waals surface area contributed by atoms with E-state index in [1.54, 1.807) is 12.1 Å². The van der Waals surface area contributed by atoms with Gasteiger partial charge in [-0.15, -0.1) is 0 Å². The lowest BCUT2D eigenvalue weighted by Crippen LogP contribution is -2.26. The highest BCUT2D eigenvalue weighted by Gasteiger charge is 2.04. The molecule has 0 aliphatic rings. The van der Waals surface area contributed by atoms with Gasteiger partial charge in [-0.25, -0.2) is 9.52 Å². The average Bonchev–Trinajstić information content (AvgIpc) is 2.31. The fourth-order valence-electron chi connectivity index (χ4n) is 0.974. The lowest BCUT2D eigenvalue weighted by Gasteiger charge is -1.98. The topological polar surface area (TPSA) is 75.6 Å². The molecule has 0 radical (unpaired) electrons. The average molecular weight is 151 g/mol. The van der Waals surface area contributed by atoms with Crippen LogP contribution in [0.1, 0.15) is 0 Å². The van der Waals surface area contributed by atoms with E-state index in [9.17, 15) is 10.0 Å². The predicted molar refractivity (Wildman–Crippen MR) is 37.9 cm³/mol. The third-order valence-corrected chi connectivity index (χ3v) is 1.44. The summed E-state index contributed by atoms with van der Waals surface area (Å²) in [4.78, 5) is 15.5. The minimum atomic E-state index is -0.365. The highest BCUT2D eigenvalue weighted by atomic mass is 16.5. The largest absolute Gasteiger partial charge is 0.711 e. The molecule has 11 heavy (non-hydrogen) atoms. The molecule has 2 heterocycles. The normalized spacial score (nSPS) is 10.5. The summed E-state index contributed by atoms with van der Waals surface area (Å²) >= 11 is 0. The Labute approximate surface area is 60.9 Å². The lowest BCUT2D eigenvalue weighted by molar-refractivity contribution is -0.579. The van der Waals surface area contributed by atoms with E-state index in [-0.39, 0.29) is 11.3 Å². The molecule has 0 amide bonds. The van der Waals surface area contributed by atoms with Crippen LogP contribution in [-0.2, 0) is 0 Å². The van der Waals surface area contributed by atoms with Crippen LogP contribution >= 0.6 is 0 Å². The van der Waals surface area contributed by atoms with Crippen molar-refractivity contribution >= 4 is 11.2 Å². The van der Waals surface area contributed by atoms with Gasteiger partial charge in [-0.05, 0) is 12.1 Å². The molecular weight excluding hydrogens is 146 g/mol. The van der Waals surface area contributed by atoms with Gasteiger partial charge in [-0.2, -0.15) is 4.98 Å². The van der Waals surface area contributed by atoms with Gasteiger partial charge in [-0.1, -0.05) is 0 Å². The van der Waals surface area contributed by atoms with Crippen LogP contribution in [-0.4, -0.2) is 9.97 Å². The molecule has 2 rings (SSSR count). The van der Waals surface area contributed by atoms with Crippen molar-refractivity contribution in [3.8, 4) is 0 Å². The molecule has 0 spiro atoms. The first-order valence-corrected chi connectivity index (χ1v) is 3.07. The third kappa shape index (κ3) is 0.778. The number of hydrogen-bond donors (Lipinski definition) is 2. The molecule has 0 saturated heterocycles. The summed E-state index contributed by atoms with van der Waals surface area (Å²) in [5, 5.41) is 10.9. The van der Waals surface area contributed by atoms with Gasteiger partial charge in [0, 0.05) is 0 Å². The standard InChI is InChI=1S/C6H5N3O2/c10-6-7-4-2-1-3-9(11)5(4)8-6/h1-3H,(H2,7,8,10). The number of fused-ring (bicyclic) bond motifs is 1. The van der Waals surface area contributed by atoms with E-state index in [0.717, 1.165) is 0 Å². The molecular formula is C6H5N3O2. The Kier molecular flexibility index (Phi) is 1.00. The van der Waals surface area contributed by atoms with Crippen molar-refractivity contribution in [3.05, 3.63) is 34.0 Å². The second-order valence-corrected chi connectivity index (χ2v) is 2.18. The Morgan fingerprint density at radius 1 is 1.45 bits per heavy atom. The molecule has 0 fully saturated rings. The Bertz CT molecular complexity index is 442. The van der Waals surface area contributed by atoms with Gasteiger partial charge >= 0.3 is 11.3 Å². The van der Waals surface area contributed by atoms with Crippen LogP contribution < -0.4 is 10.4 Å². The van der Waals surface area contributed by atoms with Crippen LogP contribution in [0.5, 0.6) is 0 Å². The highest BCUT2D eigenvalue weighted by Crippen LogP contribution is 1.97. The van der Waals surface area contributed by atoms with E-state index in [2.05, 4.69) is 9.97 Å². The molecule has 2 aromatic heterocycles. The number of nitrogens with zero attached hydrogens (tertiary/aromatic N) is 1. The van der Waals surface area contributed by atoms with Crippen molar-refractivity contribution < 1.29 is 4.73 Å². The third-order valence-electron chi connectivity index (χ3n) is 1.44. The molecule has 0 aliphatic carbocycles. The van der Waals surface area contributed by atoms with Crippen molar-refractivity contribution in [1.82, 2.24) is 9.97 Å². The highest BCUT2D eigenvalue weighted by molar-refractivity contribution is 5.65. The number of aromatic nitrogens is 3. The van der Waals surface area contributed by atoms with E-state index in [1.807, 2.05) is 0 Å². The Morgan fingerprint density at radius 3 is 3.00 bits per heavy atom. The van der Waals surface area contributed by atoms with E-state index >= 15 is 0 Å². The maximum Gasteiger partial charge on any atom is 0.411 e. The number of aromatic amines is 2. The maximum atomic E-state index is 10.9. The molecule has 0 saturated carbocycles. The predicted octanol–water partition coefficient (Wildman–Crippen LogP) is -0.510. The second-order valence-electron chi connectivity index (χ2n) is 2.18. The molecule has 0 aromatic carbocycles. The lowest BCUT2D eigenvalue weighted by atomic mass is 10.4. The molecule has 5 heteroatoms. The summed E-state index contributed by atoms with van der Waals surface area (Å²) in [5.41, 5.74) is 0.417. The fourth-order valence-corrected chi connectivity index (χ4v) is 0.974. The first-order chi connectivity index (χ1) is 5.27. The van der Waals surface area contributed by atoms with Crippen LogP contribution in [0.2, 0.25) is 0 Å². The summed E-state index contributed by atoms with van der Waals surface area (Å²) in [6.45, 7) is 0. The molecule has 2 N–H and O–H groups in total. The van der Waals surface area contributed by atoms with Gasteiger partial charge in [0.25, 0.3) is 0 Å². The fraction of sp³-hybridized carbons (Fsp3) is 0. The first-order valence-electron chi connectivity index (χ1n) is 3.07. The molecule has 0 bridgehead atoms. The van der Waals surface area contributed by atoms with Gasteiger partial charge in [0.1, 0.15) is 5.52 Å². The first kappa shape index (κ1) is 5.96. The van der Waals surface area contributed by atoms with Crippen LogP contribution in [0, 0.1) is 5.21 Å². The van der Waals surface area contributed by atoms with Gasteiger partial charge < -0.3 is 5.21 Å². The molecule has 0 unspecified atom stereocenters. The zero-order valence-corrected chi connectivity index (χ0v) is 5.50. The van der Waals surface area contributed by atoms with E-state index < -0.39 is 0 Å². The van der Waals surface area contributed by atoms with Crippen LogP contribution in [0.15, 0.2) is 23.1 Å². The maximum absolute atomic E-state index is 10.9. The molecule has 2 aromatic rings. The minimum absolute atomic E-state index is 0.262. The van der Waals surface area contributed by atoms with E-state index in [1.165, 1.54) is 6.20 Å². The number of pyridine rings is 1. The number of H-pyrrole nitrogens is 2. The minimum Gasteiger partial charge on any atom is -0.711 e. The zero-order valence-electron chi connectivity index (χ0n) is 5.50. The second kappa shape index (κ2) is 1.85. The van der Waals surface area contributed by atoms with Gasteiger partial charge in [0.15, 0.2) is 0 Å². The Morgan fingerprint density at radius 2 is 2.27 bits per heavy atom. The molecule has 0 aliphatic heterocycles. The van der Waals surface area contributed by atoms with Gasteiger partial charge in [-0.3, -0.25) is 4.98 Å². The zero-order chi connectivity index (χ0) is 7.84. The summed E-state index contributed by atoms with van der Waals surface area (Å²) in [5.74, 6) is 0. The van der Waals surface area contributed by atoms with Crippen molar-refractivity contribution in [3.63, 3.8) is 0 Å². The van der Waals surface area contributed by atoms with E-state index in [4.69, 9.17) is 0 Å². The number of nitrogens with one attached hydrogen (secondary N) is 2. The van der Waals surface area contributed by atoms with Crippen molar-refractivity contribution in [2.75, 3.05) is 0 Å². The summed E-state index contributed by atoms with van der Waals surface area (Å²) in [7, 11) is 0. The quantitative estimate of drug-likeness (QED) is 0.393. The number of hydrogen-bond acceptors (Lipinski definition) is 2. The number of imidazole rings is 1. The van der Waals surface area contributed by atoms with Crippen LogP contribution in [0.3, 0.4) is 0 Å². The monoisotopic (exact) mass is 151 g/mol. The van der Waals surface area contributed by atoms with Crippen molar-refractivity contribution in [2.24, 2.45) is 0 Å². The SMILES string of the molecule is O=c1[nH]c2ccc[n+]([O-])c2[nH]1. The van der Waals surface area contributed by atoms with Gasteiger partial charge in [0.2, 0.25) is 0 Å². The summed E-state index contributed by atoms with van der Waals surface area (Å²) in [6.07, 6.45) is 1.33. The Balaban J connectivity index is 3.01. The van der Waals surface area contributed by atoms with Crippen molar-refractivity contribution in [2.45, 2.75) is 0 Å². The summed E-state index contributed by atoms with van der Waals surface area (Å²) < 4.78 is 0.604.